The Morgan fingerprint density at radius 1 is 1.13 bits per heavy atom. The number of methoxy groups -OCH3 is 1. The molecule has 0 bridgehead atoms. The summed E-state index contributed by atoms with van der Waals surface area (Å²) in [7, 11) is 3.43. The standard InChI is InChI=1S/C23H26N4O3/c1-15-11-18(20(29-4)12-16(15)2)21-14-27(9-10-30-21)23-25-19(13-22(28)26(23)3)17-5-7-24-8-6-17/h5-8,11-13,21H,9-10,14H2,1-4H3. The summed E-state index contributed by atoms with van der Waals surface area (Å²) in [6.07, 6.45) is 3.23. The minimum atomic E-state index is -0.172. The van der Waals surface area contributed by atoms with Crippen molar-refractivity contribution in [2.24, 2.45) is 7.05 Å². The molecular weight excluding hydrogens is 380 g/mol. The minimum Gasteiger partial charge on any atom is -0.496 e. The predicted molar refractivity (Wildman–Crippen MR) is 116 cm³/mol. The number of aromatic nitrogens is 3. The highest BCUT2D eigenvalue weighted by molar-refractivity contribution is 5.59. The highest BCUT2D eigenvalue weighted by atomic mass is 16.5. The third-order valence-electron chi connectivity index (χ3n) is 5.63. The van der Waals surface area contributed by atoms with Gasteiger partial charge in [-0.2, -0.15) is 0 Å². The van der Waals surface area contributed by atoms with E-state index in [0.29, 0.717) is 31.3 Å². The van der Waals surface area contributed by atoms with Crippen LogP contribution in [0.3, 0.4) is 0 Å². The monoisotopic (exact) mass is 406 g/mol. The van der Waals surface area contributed by atoms with Crippen molar-refractivity contribution in [3.63, 3.8) is 0 Å². The van der Waals surface area contributed by atoms with E-state index in [9.17, 15) is 4.79 Å². The van der Waals surface area contributed by atoms with E-state index in [1.165, 1.54) is 11.1 Å². The molecule has 1 fully saturated rings. The van der Waals surface area contributed by atoms with Crippen molar-refractivity contribution >= 4 is 5.95 Å². The van der Waals surface area contributed by atoms with E-state index < -0.39 is 0 Å². The summed E-state index contributed by atoms with van der Waals surface area (Å²) in [5.41, 5.74) is 4.79. The topological polar surface area (TPSA) is 69.5 Å². The van der Waals surface area contributed by atoms with Gasteiger partial charge in [-0.3, -0.25) is 14.3 Å². The lowest BCUT2D eigenvalue weighted by Gasteiger charge is -2.35. The number of nitrogens with zero attached hydrogens (tertiary/aromatic N) is 4. The summed E-state index contributed by atoms with van der Waals surface area (Å²) in [5.74, 6) is 1.45. The molecule has 156 valence electrons. The molecule has 0 spiro atoms. The van der Waals surface area contributed by atoms with Crippen molar-refractivity contribution in [2.45, 2.75) is 20.0 Å². The van der Waals surface area contributed by atoms with Gasteiger partial charge in [-0.05, 0) is 49.2 Å². The zero-order chi connectivity index (χ0) is 21.3. The Hall–Kier alpha value is -3.19. The van der Waals surface area contributed by atoms with Gasteiger partial charge in [-0.1, -0.05) is 0 Å². The number of rotatable bonds is 4. The van der Waals surface area contributed by atoms with Crippen LogP contribution in [0.25, 0.3) is 11.3 Å². The van der Waals surface area contributed by atoms with Crippen molar-refractivity contribution < 1.29 is 9.47 Å². The summed E-state index contributed by atoms with van der Waals surface area (Å²) >= 11 is 0. The number of morpholine rings is 1. The molecule has 0 saturated carbocycles. The van der Waals surface area contributed by atoms with Gasteiger partial charge >= 0.3 is 0 Å². The SMILES string of the molecule is COc1cc(C)c(C)cc1C1CN(c2nc(-c3ccncc3)cc(=O)n2C)CCO1. The molecule has 3 aromatic rings. The smallest absolute Gasteiger partial charge is 0.255 e. The highest BCUT2D eigenvalue weighted by Crippen LogP contribution is 2.33. The van der Waals surface area contributed by atoms with Gasteiger partial charge in [0.2, 0.25) is 5.95 Å². The van der Waals surface area contributed by atoms with Crippen LogP contribution in [-0.4, -0.2) is 41.3 Å². The average molecular weight is 406 g/mol. The van der Waals surface area contributed by atoms with E-state index in [4.69, 9.17) is 14.5 Å². The first-order chi connectivity index (χ1) is 14.5. The van der Waals surface area contributed by atoms with Gasteiger partial charge in [0.1, 0.15) is 11.9 Å². The van der Waals surface area contributed by atoms with Crippen LogP contribution in [-0.2, 0) is 11.8 Å². The van der Waals surface area contributed by atoms with Crippen LogP contribution in [0.4, 0.5) is 5.95 Å². The number of anilines is 1. The van der Waals surface area contributed by atoms with Crippen LogP contribution in [0.5, 0.6) is 5.75 Å². The summed E-state index contributed by atoms with van der Waals surface area (Å²) in [6, 6.07) is 9.44. The maximum absolute atomic E-state index is 12.6. The Labute approximate surface area is 175 Å². The van der Waals surface area contributed by atoms with Crippen LogP contribution in [0.1, 0.15) is 22.8 Å². The first kappa shape index (κ1) is 20.1. The average Bonchev–Trinajstić information content (AvgIpc) is 2.77. The lowest BCUT2D eigenvalue weighted by molar-refractivity contribution is 0.0374. The van der Waals surface area contributed by atoms with E-state index in [1.54, 1.807) is 37.2 Å². The van der Waals surface area contributed by atoms with Gasteiger partial charge in [-0.15, -0.1) is 0 Å². The quantitative estimate of drug-likeness (QED) is 0.663. The van der Waals surface area contributed by atoms with Crippen molar-refractivity contribution in [1.82, 2.24) is 14.5 Å². The van der Waals surface area contributed by atoms with Gasteiger partial charge in [0.15, 0.2) is 0 Å². The van der Waals surface area contributed by atoms with E-state index in [2.05, 4.69) is 29.8 Å². The van der Waals surface area contributed by atoms with Crippen molar-refractivity contribution in [1.29, 1.82) is 0 Å². The van der Waals surface area contributed by atoms with Gasteiger partial charge in [0, 0.05) is 43.2 Å². The zero-order valence-corrected chi connectivity index (χ0v) is 17.8. The Morgan fingerprint density at radius 2 is 1.87 bits per heavy atom. The second-order valence-corrected chi connectivity index (χ2v) is 7.56. The van der Waals surface area contributed by atoms with E-state index >= 15 is 0 Å². The Balaban J connectivity index is 1.70. The van der Waals surface area contributed by atoms with Crippen LogP contribution in [0.15, 0.2) is 47.5 Å². The Kier molecular flexibility index (Phi) is 5.55. The molecule has 30 heavy (non-hydrogen) atoms. The molecule has 1 unspecified atom stereocenters. The Morgan fingerprint density at radius 3 is 2.60 bits per heavy atom. The maximum atomic E-state index is 12.6. The molecule has 4 rings (SSSR count). The van der Waals surface area contributed by atoms with Crippen molar-refractivity contribution in [3.8, 4) is 17.0 Å². The minimum absolute atomic E-state index is 0.0985. The molecule has 7 heteroatoms. The summed E-state index contributed by atoms with van der Waals surface area (Å²) in [6.45, 7) is 5.93. The molecule has 7 nitrogen and oxygen atoms in total. The Bertz CT molecular complexity index is 1110. The van der Waals surface area contributed by atoms with E-state index in [-0.39, 0.29) is 11.7 Å². The lowest BCUT2D eigenvalue weighted by Crippen LogP contribution is -2.41. The first-order valence-electron chi connectivity index (χ1n) is 9.98. The summed E-state index contributed by atoms with van der Waals surface area (Å²) < 4.78 is 13.3. The molecule has 3 heterocycles. The molecule has 2 aromatic heterocycles. The van der Waals surface area contributed by atoms with E-state index in [0.717, 1.165) is 16.9 Å². The number of hydrogen-bond donors (Lipinski definition) is 0. The summed E-state index contributed by atoms with van der Waals surface area (Å²) in [4.78, 5) is 23.6. The predicted octanol–water partition coefficient (Wildman–Crippen LogP) is 3.05. The molecule has 1 atom stereocenters. The fourth-order valence-corrected chi connectivity index (χ4v) is 3.74. The highest BCUT2D eigenvalue weighted by Gasteiger charge is 2.27. The molecule has 1 aliphatic rings. The number of aryl methyl sites for hydroxylation is 2. The van der Waals surface area contributed by atoms with E-state index in [1.807, 2.05) is 18.2 Å². The van der Waals surface area contributed by atoms with Crippen LogP contribution in [0, 0.1) is 13.8 Å². The maximum Gasteiger partial charge on any atom is 0.255 e. The third-order valence-corrected chi connectivity index (χ3v) is 5.63. The molecule has 0 amide bonds. The van der Waals surface area contributed by atoms with Crippen LogP contribution < -0.4 is 15.2 Å². The van der Waals surface area contributed by atoms with Gasteiger partial charge < -0.3 is 14.4 Å². The van der Waals surface area contributed by atoms with Gasteiger partial charge in [0.25, 0.3) is 5.56 Å². The molecular formula is C23H26N4O3. The first-order valence-corrected chi connectivity index (χ1v) is 9.98. The largest absolute Gasteiger partial charge is 0.496 e. The summed E-state index contributed by atoms with van der Waals surface area (Å²) in [5, 5.41) is 0. The molecule has 0 radical (unpaired) electrons. The van der Waals surface area contributed by atoms with Crippen LogP contribution >= 0.6 is 0 Å². The second kappa shape index (κ2) is 8.28. The normalized spacial score (nSPS) is 16.5. The number of ether oxygens (including phenoxy) is 2. The lowest BCUT2D eigenvalue weighted by atomic mass is 10.00. The molecule has 1 saturated heterocycles. The third kappa shape index (κ3) is 3.80. The van der Waals surface area contributed by atoms with Gasteiger partial charge in [-0.25, -0.2) is 4.98 Å². The second-order valence-electron chi connectivity index (χ2n) is 7.56. The fourth-order valence-electron chi connectivity index (χ4n) is 3.74. The van der Waals surface area contributed by atoms with Gasteiger partial charge in [0.05, 0.1) is 26.0 Å². The molecule has 1 aliphatic heterocycles. The number of pyridine rings is 1. The number of hydrogen-bond acceptors (Lipinski definition) is 6. The van der Waals surface area contributed by atoms with Crippen molar-refractivity contribution in [3.05, 3.63) is 69.8 Å². The molecule has 0 aliphatic carbocycles. The molecule has 0 N–H and O–H groups in total. The fraction of sp³-hybridized carbons (Fsp3) is 0.348. The van der Waals surface area contributed by atoms with Crippen molar-refractivity contribution in [2.75, 3.05) is 31.7 Å². The zero-order valence-electron chi connectivity index (χ0n) is 17.8. The van der Waals surface area contributed by atoms with Crippen LogP contribution in [0.2, 0.25) is 0 Å². The number of benzene rings is 1. The molecule has 1 aromatic carbocycles.